The highest BCUT2D eigenvalue weighted by atomic mass is 35.5. The molecule has 0 unspecified atom stereocenters. The van der Waals surface area contributed by atoms with Gasteiger partial charge in [0.1, 0.15) is 17.3 Å². The standard InChI is InChI=1S/C19H19ClFN3O4/c1-12(4-6-23-19(27)17-8-13(10-25)5-7-22-17)24-18(26)11-28-14-2-3-15(20)16(21)9-14/h2-3,5,7-9,25H,1,4,6,10-11H2,(H,23,27)(H,24,26). The summed E-state index contributed by atoms with van der Waals surface area (Å²) in [5.74, 6) is -1.34. The molecule has 0 aliphatic rings. The Bertz CT molecular complexity index is 876. The van der Waals surface area contributed by atoms with Crippen LogP contribution in [0.4, 0.5) is 4.39 Å². The second-order valence-corrected chi connectivity index (χ2v) is 6.14. The molecule has 2 amide bonds. The van der Waals surface area contributed by atoms with Gasteiger partial charge in [0.25, 0.3) is 11.8 Å². The van der Waals surface area contributed by atoms with E-state index in [1.54, 1.807) is 6.07 Å². The van der Waals surface area contributed by atoms with Crippen molar-refractivity contribution >= 4 is 23.4 Å². The van der Waals surface area contributed by atoms with Crippen LogP contribution in [0.25, 0.3) is 0 Å². The van der Waals surface area contributed by atoms with Crippen molar-refractivity contribution in [1.29, 1.82) is 0 Å². The Morgan fingerprint density at radius 1 is 1.29 bits per heavy atom. The first kappa shape index (κ1) is 21.3. The van der Waals surface area contributed by atoms with Gasteiger partial charge in [0.15, 0.2) is 6.61 Å². The fourth-order valence-electron chi connectivity index (χ4n) is 2.13. The molecule has 3 N–H and O–H groups in total. The van der Waals surface area contributed by atoms with Gasteiger partial charge >= 0.3 is 0 Å². The summed E-state index contributed by atoms with van der Waals surface area (Å²) in [4.78, 5) is 27.8. The van der Waals surface area contributed by atoms with Gasteiger partial charge in [-0.15, -0.1) is 0 Å². The van der Waals surface area contributed by atoms with Crippen LogP contribution in [0.2, 0.25) is 5.02 Å². The number of carbonyl (C=O) groups is 2. The molecule has 0 fully saturated rings. The molecule has 1 aromatic heterocycles. The number of hydrogen-bond acceptors (Lipinski definition) is 5. The van der Waals surface area contributed by atoms with E-state index in [1.807, 2.05) is 0 Å². The lowest BCUT2D eigenvalue weighted by Gasteiger charge is -2.11. The number of ether oxygens (including phenoxy) is 1. The molecule has 2 rings (SSSR count). The molecule has 0 aliphatic carbocycles. The third-order valence-electron chi connectivity index (χ3n) is 3.53. The van der Waals surface area contributed by atoms with Crippen molar-refractivity contribution in [2.24, 2.45) is 0 Å². The number of pyridine rings is 1. The number of nitrogens with one attached hydrogen (secondary N) is 2. The number of aromatic nitrogens is 1. The molecule has 2 aromatic rings. The molecule has 1 heterocycles. The van der Waals surface area contributed by atoms with E-state index in [4.69, 9.17) is 21.4 Å². The van der Waals surface area contributed by atoms with E-state index < -0.39 is 17.6 Å². The van der Waals surface area contributed by atoms with Crippen LogP contribution >= 0.6 is 11.6 Å². The monoisotopic (exact) mass is 407 g/mol. The number of aliphatic hydroxyl groups excluding tert-OH is 1. The molecular weight excluding hydrogens is 389 g/mol. The maximum absolute atomic E-state index is 13.3. The summed E-state index contributed by atoms with van der Waals surface area (Å²) >= 11 is 5.57. The zero-order valence-corrected chi connectivity index (χ0v) is 15.6. The Labute approximate surface area is 166 Å². The maximum atomic E-state index is 13.3. The zero-order valence-electron chi connectivity index (χ0n) is 14.9. The molecule has 148 valence electrons. The second-order valence-electron chi connectivity index (χ2n) is 5.73. The van der Waals surface area contributed by atoms with Crippen molar-refractivity contribution in [2.45, 2.75) is 13.0 Å². The van der Waals surface area contributed by atoms with E-state index >= 15 is 0 Å². The molecule has 0 saturated heterocycles. The van der Waals surface area contributed by atoms with Gasteiger partial charge in [0, 0.05) is 30.9 Å². The number of carbonyl (C=O) groups excluding carboxylic acids is 2. The van der Waals surface area contributed by atoms with Crippen LogP contribution in [-0.4, -0.2) is 35.1 Å². The van der Waals surface area contributed by atoms with Crippen molar-refractivity contribution in [1.82, 2.24) is 15.6 Å². The lowest BCUT2D eigenvalue weighted by atomic mass is 10.2. The van der Waals surface area contributed by atoms with Crippen molar-refractivity contribution in [2.75, 3.05) is 13.2 Å². The van der Waals surface area contributed by atoms with Gasteiger partial charge in [-0.1, -0.05) is 18.2 Å². The molecule has 0 radical (unpaired) electrons. The number of rotatable bonds is 9. The summed E-state index contributed by atoms with van der Waals surface area (Å²) in [6.45, 7) is 3.42. The highest BCUT2D eigenvalue weighted by Gasteiger charge is 2.09. The first-order valence-corrected chi connectivity index (χ1v) is 8.66. The SMILES string of the molecule is C=C(CCNC(=O)c1cc(CO)ccn1)NC(=O)COc1ccc(Cl)c(F)c1. The lowest BCUT2D eigenvalue weighted by molar-refractivity contribution is -0.122. The van der Waals surface area contributed by atoms with Crippen LogP contribution < -0.4 is 15.4 Å². The Balaban J connectivity index is 1.70. The highest BCUT2D eigenvalue weighted by Crippen LogP contribution is 2.20. The largest absolute Gasteiger partial charge is 0.484 e. The molecule has 28 heavy (non-hydrogen) atoms. The van der Waals surface area contributed by atoms with Gasteiger partial charge in [-0.2, -0.15) is 0 Å². The minimum Gasteiger partial charge on any atom is -0.484 e. The van der Waals surface area contributed by atoms with E-state index in [9.17, 15) is 14.0 Å². The van der Waals surface area contributed by atoms with Crippen LogP contribution in [0.15, 0.2) is 48.8 Å². The van der Waals surface area contributed by atoms with Crippen LogP contribution in [0.1, 0.15) is 22.5 Å². The summed E-state index contributed by atoms with van der Waals surface area (Å²) in [6.07, 6.45) is 1.74. The number of hydrogen-bond donors (Lipinski definition) is 3. The summed E-state index contributed by atoms with van der Waals surface area (Å²) in [5.41, 5.74) is 1.15. The smallest absolute Gasteiger partial charge is 0.269 e. The first-order chi connectivity index (χ1) is 13.4. The Morgan fingerprint density at radius 3 is 2.79 bits per heavy atom. The normalized spacial score (nSPS) is 10.2. The maximum Gasteiger partial charge on any atom is 0.269 e. The molecule has 0 bridgehead atoms. The van der Waals surface area contributed by atoms with Crippen LogP contribution in [0.5, 0.6) is 5.75 Å². The van der Waals surface area contributed by atoms with Crippen molar-refractivity contribution < 1.29 is 23.8 Å². The zero-order chi connectivity index (χ0) is 20.5. The Hall–Kier alpha value is -2.97. The minimum absolute atomic E-state index is 0.0366. The second kappa shape index (κ2) is 10.4. The van der Waals surface area contributed by atoms with Crippen LogP contribution in [0.3, 0.4) is 0 Å². The van der Waals surface area contributed by atoms with E-state index in [1.165, 1.54) is 24.4 Å². The van der Waals surface area contributed by atoms with Gasteiger partial charge in [0.05, 0.1) is 11.6 Å². The third kappa shape index (κ3) is 6.64. The average Bonchev–Trinajstić information content (AvgIpc) is 2.68. The summed E-state index contributed by atoms with van der Waals surface area (Å²) in [5, 5.41) is 14.2. The van der Waals surface area contributed by atoms with Gasteiger partial charge < -0.3 is 20.5 Å². The molecule has 0 aliphatic heterocycles. The molecule has 0 atom stereocenters. The van der Waals surface area contributed by atoms with Crippen LogP contribution in [0, 0.1) is 5.82 Å². The van der Waals surface area contributed by atoms with Gasteiger partial charge in [0.2, 0.25) is 0 Å². The fraction of sp³-hybridized carbons (Fsp3) is 0.211. The van der Waals surface area contributed by atoms with Crippen molar-refractivity contribution in [3.05, 3.63) is 70.9 Å². The van der Waals surface area contributed by atoms with E-state index in [-0.39, 0.29) is 36.2 Å². The number of amides is 2. The molecule has 1 aromatic carbocycles. The van der Waals surface area contributed by atoms with Crippen molar-refractivity contribution in [3.8, 4) is 5.75 Å². The quantitative estimate of drug-likeness (QED) is 0.591. The van der Waals surface area contributed by atoms with E-state index in [0.29, 0.717) is 17.7 Å². The molecular formula is C19H19ClFN3O4. The van der Waals surface area contributed by atoms with E-state index in [0.717, 1.165) is 6.07 Å². The molecule has 7 nitrogen and oxygen atoms in total. The number of halogens is 2. The predicted octanol–water partition coefficient (Wildman–Crippen LogP) is 2.20. The number of nitrogens with zero attached hydrogens (tertiary/aromatic N) is 1. The predicted molar refractivity (Wildman–Crippen MR) is 101 cm³/mol. The minimum atomic E-state index is -0.640. The number of aliphatic hydroxyl groups is 1. The van der Waals surface area contributed by atoms with Gasteiger partial charge in [-0.05, 0) is 29.8 Å². The summed E-state index contributed by atoms with van der Waals surface area (Å²) in [7, 11) is 0. The van der Waals surface area contributed by atoms with E-state index in [2.05, 4.69) is 22.2 Å². The molecule has 9 heteroatoms. The third-order valence-corrected chi connectivity index (χ3v) is 3.84. The topological polar surface area (TPSA) is 101 Å². The Morgan fingerprint density at radius 2 is 2.07 bits per heavy atom. The molecule has 0 spiro atoms. The number of benzene rings is 1. The Kier molecular flexibility index (Phi) is 7.91. The van der Waals surface area contributed by atoms with Crippen LogP contribution in [-0.2, 0) is 11.4 Å². The average molecular weight is 408 g/mol. The first-order valence-electron chi connectivity index (χ1n) is 8.28. The highest BCUT2D eigenvalue weighted by molar-refractivity contribution is 6.30. The molecule has 0 saturated carbocycles. The summed E-state index contributed by atoms with van der Waals surface area (Å²) < 4.78 is 18.5. The van der Waals surface area contributed by atoms with Gasteiger partial charge in [-0.3, -0.25) is 14.6 Å². The van der Waals surface area contributed by atoms with Gasteiger partial charge in [-0.25, -0.2) is 4.39 Å². The summed E-state index contributed by atoms with van der Waals surface area (Å²) in [6, 6.07) is 6.96. The van der Waals surface area contributed by atoms with Crippen molar-refractivity contribution in [3.63, 3.8) is 0 Å². The fourth-order valence-corrected chi connectivity index (χ4v) is 2.24. The lowest BCUT2D eigenvalue weighted by Crippen LogP contribution is -2.31.